The Morgan fingerprint density at radius 1 is 1.33 bits per heavy atom. The van der Waals surface area contributed by atoms with Crippen molar-refractivity contribution in [2.75, 3.05) is 19.7 Å². The molecule has 0 spiro atoms. The van der Waals surface area contributed by atoms with Crippen LogP contribution >= 0.6 is 0 Å². The van der Waals surface area contributed by atoms with Gasteiger partial charge in [0, 0.05) is 5.82 Å². The zero-order valence-electron chi connectivity index (χ0n) is 14.4. The highest BCUT2D eigenvalue weighted by atomic mass is 16.5. The fourth-order valence-corrected chi connectivity index (χ4v) is 3.28. The number of amides is 1. The van der Waals surface area contributed by atoms with Gasteiger partial charge < -0.3 is 40.7 Å². The summed E-state index contributed by atoms with van der Waals surface area (Å²) in [6, 6.07) is 1.92. The number of benzene rings is 1. The molecular formula is C16H21BN2O8. The van der Waals surface area contributed by atoms with Crippen molar-refractivity contribution in [1.29, 1.82) is 0 Å². The largest absolute Gasteiger partial charge is 0.507 e. The Bertz CT molecular complexity index is 752. The molecule has 7 N–H and O–H groups in total. The van der Waals surface area contributed by atoms with Crippen LogP contribution in [-0.2, 0) is 4.79 Å². The molecule has 0 bridgehead atoms. The van der Waals surface area contributed by atoms with E-state index in [0.717, 1.165) is 0 Å². The van der Waals surface area contributed by atoms with Crippen LogP contribution in [-0.4, -0.2) is 81.1 Å². The maximum absolute atomic E-state index is 11.8. The lowest BCUT2D eigenvalue weighted by Gasteiger charge is -2.40. The van der Waals surface area contributed by atoms with E-state index in [4.69, 9.17) is 15.6 Å². The minimum absolute atomic E-state index is 0.0333. The van der Waals surface area contributed by atoms with E-state index in [9.17, 15) is 29.9 Å². The molecule has 2 fully saturated rings. The highest BCUT2D eigenvalue weighted by Crippen LogP contribution is 2.56. The highest BCUT2D eigenvalue weighted by molar-refractivity contribution is 6.44. The molecule has 10 nitrogen and oxygen atoms in total. The SMILES string of the molecule is N[C@H](CO)C(=O)N1CC(Oc2ccc([C@@H]3C[C@@H]3B(O)O)c(O)c2C(=O)O)C1. The Balaban J connectivity index is 1.71. The number of carboxylic acids is 1. The van der Waals surface area contributed by atoms with Crippen LogP contribution in [0, 0.1) is 0 Å². The lowest BCUT2D eigenvalue weighted by atomic mass is 9.81. The number of nitrogens with zero attached hydrogens (tertiary/aromatic N) is 1. The zero-order chi connectivity index (χ0) is 19.9. The Morgan fingerprint density at radius 3 is 2.52 bits per heavy atom. The number of nitrogens with two attached hydrogens (primary N) is 1. The number of aromatic carboxylic acids is 1. The van der Waals surface area contributed by atoms with Crippen molar-refractivity contribution in [3.05, 3.63) is 23.3 Å². The fourth-order valence-electron chi connectivity index (χ4n) is 3.28. The predicted molar refractivity (Wildman–Crippen MR) is 92.4 cm³/mol. The first-order valence-corrected chi connectivity index (χ1v) is 8.51. The topological polar surface area (TPSA) is 174 Å². The smallest absolute Gasteiger partial charge is 0.455 e. The molecule has 1 aliphatic heterocycles. The van der Waals surface area contributed by atoms with E-state index in [1.54, 1.807) is 0 Å². The first kappa shape index (κ1) is 19.4. The molecule has 1 aromatic rings. The van der Waals surface area contributed by atoms with E-state index in [1.807, 2.05) is 0 Å². The minimum Gasteiger partial charge on any atom is -0.507 e. The second-order valence-electron chi connectivity index (χ2n) is 6.87. The number of aromatic hydroxyl groups is 1. The Labute approximate surface area is 154 Å². The van der Waals surface area contributed by atoms with E-state index >= 15 is 0 Å². The number of aliphatic hydroxyl groups excluding tert-OH is 1. The molecule has 1 aromatic carbocycles. The first-order valence-electron chi connectivity index (χ1n) is 8.51. The Morgan fingerprint density at radius 2 is 2.00 bits per heavy atom. The highest BCUT2D eigenvalue weighted by Gasteiger charge is 2.48. The fraction of sp³-hybridized carbons (Fsp3) is 0.500. The summed E-state index contributed by atoms with van der Waals surface area (Å²) < 4.78 is 5.61. The maximum atomic E-state index is 11.8. The normalized spacial score (nSPS) is 22.7. The third-order valence-electron chi connectivity index (χ3n) is 4.97. The number of aliphatic hydroxyl groups is 1. The number of carbonyl (C=O) groups is 2. The van der Waals surface area contributed by atoms with Gasteiger partial charge in [-0.25, -0.2) is 4.79 Å². The number of carbonyl (C=O) groups excluding carboxylic acids is 1. The lowest BCUT2D eigenvalue weighted by Crippen LogP contribution is -2.60. The van der Waals surface area contributed by atoms with Gasteiger partial charge in [-0.2, -0.15) is 0 Å². The van der Waals surface area contributed by atoms with Gasteiger partial charge in [0.05, 0.1) is 19.7 Å². The van der Waals surface area contributed by atoms with Crippen molar-refractivity contribution in [2.45, 2.75) is 30.3 Å². The standard InChI is InChI=1S/C16H21BN2O8/c18-11(6-20)15(22)19-4-7(5-19)27-12-2-1-8(9-3-10(9)17(25)26)14(21)13(12)16(23)24/h1-2,7,9-11,20-21,25-26H,3-6,18H2,(H,23,24)/t9-,10-,11+/m0/s1. The second-order valence-corrected chi connectivity index (χ2v) is 6.87. The number of phenols is 1. The van der Waals surface area contributed by atoms with Gasteiger partial charge in [-0.05, 0) is 24.0 Å². The third-order valence-corrected chi connectivity index (χ3v) is 4.97. The van der Waals surface area contributed by atoms with Crippen molar-refractivity contribution in [1.82, 2.24) is 4.90 Å². The number of carboxylic acid groups (broad SMARTS) is 1. The van der Waals surface area contributed by atoms with Gasteiger partial charge in [-0.3, -0.25) is 4.79 Å². The molecule has 0 unspecified atom stereocenters. The number of rotatable bonds is 7. The summed E-state index contributed by atoms with van der Waals surface area (Å²) in [5.41, 5.74) is 5.39. The predicted octanol–water partition coefficient (Wildman–Crippen LogP) is -1.67. The summed E-state index contributed by atoms with van der Waals surface area (Å²) in [7, 11) is -1.53. The molecule has 3 rings (SSSR count). The average molecular weight is 380 g/mol. The van der Waals surface area contributed by atoms with Gasteiger partial charge in [0.1, 0.15) is 29.2 Å². The van der Waals surface area contributed by atoms with Crippen molar-refractivity contribution >= 4 is 19.0 Å². The third kappa shape index (κ3) is 3.72. The Hall–Kier alpha value is -2.34. The molecule has 1 amide bonds. The second kappa shape index (κ2) is 7.35. The minimum atomic E-state index is -1.53. The summed E-state index contributed by atoms with van der Waals surface area (Å²) in [5.74, 6) is -3.05. The van der Waals surface area contributed by atoms with E-state index in [1.165, 1.54) is 17.0 Å². The molecule has 1 aliphatic carbocycles. The quantitative estimate of drug-likeness (QED) is 0.302. The van der Waals surface area contributed by atoms with Crippen molar-refractivity contribution in [3.63, 3.8) is 0 Å². The monoisotopic (exact) mass is 380 g/mol. The molecule has 1 heterocycles. The van der Waals surface area contributed by atoms with E-state index < -0.39 is 54.9 Å². The van der Waals surface area contributed by atoms with Crippen LogP contribution in [0.2, 0.25) is 5.82 Å². The van der Waals surface area contributed by atoms with Gasteiger partial charge in [-0.15, -0.1) is 0 Å². The molecule has 146 valence electrons. The molecule has 1 saturated heterocycles. The molecule has 11 heteroatoms. The van der Waals surface area contributed by atoms with Gasteiger partial charge in [0.2, 0.25) is 5.91 Å². The van der Waals surface area contributed by atoms with Crippen molar-refractivity contribution in [3.8, 4) is 11.5 Å². The number of hydrogen-bond acceptors (Lipinski definition) is 8. The van der Waals surface area contributed by atoms with Crippen LogP contribution in [0.1, 0.15) is 28.3 Å². The maximum Gasteiger partial charge on any atom is 0.455 e. The van der Waals surface area contributed by atoms with Gasteiger partial charge in [0.15, 0.2) is 0 Å². The van der Waals surface area contributed by atoms with E-state index in [2.05, 4.69) is 0 Å². The number of hydrogen-bond donors (Lipinski definition) is 6. The van der Waals surface area contributed by atoms with Crippen LogP contribution in [0.5, 0.6) is 11.5 Å². The molecule has 0 aromatic heterocycles. The average Bonchev–Trinajstić information content (AvgIpc) is 3.36. The lowest BCUT2D eigenvalue weighted by molar-refractivity contribution is -0.142. The van der Waals surface area contributed by atoms with Crippen LogP contribution in [0.25, 0.3) is 0 Å². The van der Waals surface area contributed by atoms with Crippen LogP contribution in [0.15, 0.2) is 12.1 Å². The summed E-state index contributed by atoms with van der Waals surface area (Å²) >= 11 is 0. The van der Waals surface area contributed by atoms with Gasteiger partial charge in [0.25, 0.3) is 0 Å². The number of ether oxygens (including phenoxy) is 1. The molecule has 27 heavy (non-hydrogen) atoms. The molecule has 1 saturated carbocycles. The number of likely N-dealkylation sites (tertiary alicyclic amines) is 1. The van der Waals surface area contributed by atoms with Crippen LogP contribution in [0.4, 0.5) is 0 Å². The molecular weight excluding hydrogens is 359 g/mol. The first-order chi connectivity index (χ1) is 12.7. The summed E-state index contributed by atoms with van der Waals surface area (Å²) in [6.45, 7) is -0.0882. The zero-order valence-corrected chi connectivity index (χ0v) is 14.4. The molecule has 3 atom stereocenters. The summed E-state index contributed by atoms with van der Waals surface area (Å²) in [6.07, 6.45) is -0.0221. The molecule has 0 radical (unpaired) electrons. The van der Waals surface area contributed by atoms with Crippen molar-refractivity contribution in [2.24, 2.45) is 5.73 Å². The van der Waals surface area contributed by atoms with E-state index in [0.29, 0.717) is 12.0 Å². The van der Waals surface area contributed by atoms with Gasteiger partial charge >= 0.3 is 13.1 Å². The summed E-state index contributed by atoms with van der Waals surface area (Å²) in [5, 5.41) is 47.1. The summed E-state index contributed by atoms with van der Waals surface area (Å²) in [4.78, 5) is 24.8. The van der Waals surface area contributed by atoms with Crippen LogP contribution in [0.3, 0.4) is 0 Å². The van der Waals surface area contributed by atoms with Crippen molar-refractivity contribution < 1.29 is 39.7 Å². The molecule has 2 aliphatic rings. The van der Waals surface area contributed by atoms with E-state index in [-0.39, 0.29) is 24.8 Å². The van der Waals surface area contributed by atoms with Crippen LogP contribution < -0.4 is 10.5 Å². The Kier molecular flexibility index (Phi) is 5.29. The van der Waals surface area contributed by atoms with Gasteiger partial charge in [-0.1, -0.05) is 6.07 Å².